The highest BCUT2D eigenvalue weighted by molar-refractivity contribution is 6.31. The van der Waals surface area contributed by atoms with Gasteiger partial charge in [0.15, 0.2) is 6.54 Å². The van der Waals surface area contributed by atoms with E-state index in [0.29, 0.717) is 10.9 Å². The molecule has 3 N–H and O–H groups in total. The van der Waals surface area contributed by atoms with Crippen molar-refractivity contribution < 1.29 is 14.6 Å². The van der Waals surface area contributed by atoms with Crippen molar-refractivity contribution in [2.45, 2.75) is 39.2 Å². The number of carbonyl (C=O) groups is 1. The molecule has 5 nitrogen and oxygen atoms in total. The van der Waals surface area contributed by atoms with Crippen molar-refractivity contribution in [2.75, 3.05) is 11.9 Å². The molecule has 0 fully saturated rings. The Bertz CT molecular complexity index is 676. The lowest BCUT2D eigenvalue weighted by Gasteiger charge is -2.12. The number of amides is 1. The number of halogens is 1. The standard InChI is InChI=1S/C17H22ClN3O2/c1-11(12-7-5-6-8-13(12)18)19-10-15(22)20-16-9-14(21-23-16)17(2,3)4/h5-9,11,19H,10H2,1-4H3,(H,20,22)/p+1/t11-/m1/s1. The maximum atomic E-state index is 12.0. The summed E-state index contributed by atoms with van der Waals surface area (Å²) in [5.41, 5.74) is 1.70. The first-order chi connectivity index (χ1) is 10.8. The summed E-state index contributed by atoms with van der Waals surface area (Å²) >= 11 is 6.17. The Balaban J connectivity index is 1.88. The van der Waals surface area contributed by atoms with Crippen LogP contribution in [0.1, 0.15) is 45.0 Å². The zero-order valence-electron chi connectivity index (χ0n) is 13.9. The Hall–Kier alpha value is -1.85. The average Bonchev–Trinajstić information content (AvgIpc) is 2.94. The van der Waals surface area contributed by atoms with E-state index < -0.39 is 0 Å². The van der Waals surface area contributed by atoms with Gasteiger partial charge < -0.3 is 9.84 Å². The van der Waals surface area contributed by atoms with Gasteiger partial charge in [-0.15, -0.1) is 0 Å². The molecule has 0 saturated heterocycles. The van der Waals surface area contributed by atoms with Crippen LogP contribution in [0.2, 0.25) is 5.02 Å². The van der Waals surface area contributed by atoms with Gasteiger partial charge in [-0.3, -0.25) is 10.1 Å². The van der Waals surface area contributed by atoms with Gasteiger partial charge in [-0.05, 0) is 13.0 Å². The third-order valence-electron chi connectivity index (χ3n) is 3.59. The molecule has 0 spiro atoms. The third-order valence-corrected chi connectivity index (χ3v) is 3.94. The normalized spacial score (nSPS) is 12.9. The second kappa shape index (κ2) is 7.15. The molecule has 0 unspecified atom stereocenters. The van der Waals surface area contributed by atoms with Crippen molar-refractivity contribution in [2.24, 2.45) is 0 Å². The minimum absolute atomic E-state index is 0.0920. The summed E-state index contributed by atoms with van der Waals surface area (Å²) in [6.45, 7) is 8.40. The summed E-state index contributed by atoms with van der Waals surface area (Å²) < 4.78 is 5.16. The molecule has 6 heteroatoms. The fourth-order valence-corrected chi connectivity index (χ4v) is 2.44. The topological polar surface area (TPSA) is 71.7 Å². The predicted octanol–water partition coefficient (Wildman–Crippen LogP) is 2.89. The molecule has 1 amide bonds. The fraction of sp³-hybridized carbons (Fsp3) is 0.412. The number of quaternary nitrogens is 1. The molecule has 0 bridgehead atoms. The van der Waals surface area contributed by atoms with Crippen molar-refractivity contribution in [3.63, 3.8) is 0 Å². The van der Waals surface area contributed by atoms with Crippen LogP contribution < -0.4 is 10.6 Å². The highest BCUT2D eigenvalue weighted by Crippen LogP contribution is 2.23. The maximum absolute atomic E-state index is 12.0. The van der Waals surface area contributed by atoms with Gasteiger partial charge in [-0.25, -0.2) is 0 Å². The van der Waals surface area contributed by atoms with E-state index in [1.807, 2.05) is 57.3 Å². The van der Waals surface area contributed by atoms with Crippen molar-refractivity contribution in [3.8, 4) is 0 Å². The molecule has 23 heavy (non-hydrogen) atoms. The van der Waals surface area contributed by atoms with Crippen molar-refractivity contribution in [1.29, 1.82) is 0 Å². The fourth-order valence-electron chi connectivity index (χ4n) is 2.13. The largest absolute Gasteiger partial charge is 0.338 e. The molecule has 1 heterocycles. The second-order valence-electron chi connectivity index (χ2n) is 6.62. The molecule has 1 atom stereocenters. The van der Waals surface area contributed by atoms with Crippen LogP contribution in [0.5, 0.6) is 0 Å². The van der Waals surface area contributed by atoms with E-state index in [1.165, 1.54) is 0 Å². The molecular weight excluding hydrogens is 314 g/mol. The third kappa shape index (κ3) is 4.81. The summed E-state index contributed by atoms with van der Waals surface area (Å²) in [5, 5.41) is 9.34. The number of rotatable bonds is 5. The SMILES string of the molecule is C[C@@H]([NH2+]CC(=O)Nc1cc(C(C)(C)C)no1)c1ccccc1Cl. The quantitative estimate of drug-likeness (QED) is 0.881. The van der Waals surface area contributed by atoms with E-state index in [0.717, 1.165) is 11.3 Å². The van der Waals surface area contributed by atoms with Gasteiger partial charge in [0.05, 0.1) is 5.69 Å². The molecule has 1 aromatic carbocycles. The highest BCUT2D eigenvalue weighted by atomic mass is 35.5. The van der Waals surface area contributed by atoms with Gasteiger partial charge in [0.25, 0.3) is 5.91 Å². The summed E-state index contributed by atoms with van der Waals surface area (Å²) in [7, 11) is 0. The van der Waals surface area contributed by atoms with Gasteiger partial charge in [0, 0.05) is 22.1 Å². The summed E-state index contributed by atoms with van der Waals surface area (Å²) in [4.78, 5) is 12.0. The van der Waals surface area contributed by atoms with Crippen LogP contribution in [-0.4, -0.2) is 17.6 Å². The van der Waals surface area contributed by atoms with Gasteiger partial charge >= 0.3 is 0 Å². The van der Waals surface area contributed by atoms with Crippen LogP contribution in [-0.2, 0) is 10.2 Å². The monoisotopic (exact) mass is 336 g/mol. The number of nitrogens with two attached hydrogens (primary N) is 1. The summed E-state index contributed by atoms with van der Waals surface area (Å²) in [6, 6.07) is 9.50. The minimum Gasteiger partial charge on any atom is -0.338 e. The lowest BCUT2D eigenvalue weighted by Crippen LogP contribution is -2.86. The van der Waals surface area contributed by atoms with Crippen LogP contribution >= 0.6 is 11.6 Å². The molecule has 0 saturated carbocycles. The first kappa shape index (κ1) is 17.5. The molecule has 0 radical (unpaired) electrons. The van der Waals surface area contributed by atoms with Crippen LogP contribution in [0.15, 0.2) is 34.9 Å². The number of hydrogen-bond donors (Lipinski definition) is 2. The number of nitrogens with one attached hydrogen (secondary N) is 1. The van der Waals surface area contributed by atoms with E-state index in [2.05, 4.69) is 10.5 Å². The lowest BCUT2D eigenvalue weighted by molar-refractivity contribution is -0.682. The van der Waals surface area contributed by atoms with Crippen LogP contribution in [0, 0.1) is 0 Å². The molecule has 0 aliphatic carbocycles. The Morgan fingerprint density at radius 2 is 2.09 bits per heavy atom. The summed E-state index contributed by atoms with van der Waals surface area (Å²) in [5.74, 6) is 0.235. The van der Waals surface area contributed by atoms with Crippen LogP contribution in [0.25, 0.3) is 0 Å². The Morgan fingerprint density at radius 1 is 1.39 bits per heavy atom. The second-order valence-corrected chi connectivity index (χ2v) is 7.03. The molecule has 0 aliphatic heterocycles. The Labute approximate surface area is 141 Å². The first-order valence-electron chi connectivity index (χ1n) is 7.62. The Morgan fingerprint density at radius 3 is 2.70 bits per heavy atom. The van der Waals surface area contributed by atoms with Gasteiger partial charge in [0.2, 0.25) is 5.88 Å². The number of carbonyl (C=O) groups excluding carboxylic acids is 1. The van der Waals surface area contributed by atoms with E-state index >= 15 is 0 Å². The van der Waals surface area contributed by atoms with Crippen molar-refractivity contribution in [1.82, 2.24) is 5.16 Å². The van der Waals surface area contributed by atoms with Crippen molar-refractivity contribution >= 4 is 23.4 Å². The lowest BCUT2D eigenvalue weighted by atomic mass is 9.92. The molecule has 0 aliphatic rings. The average molecular weight is 337 g/mol. The molecule has 2 rings (SSSR count). The number of aromatic nitrogens is 1. The van der Waals surface area contributed by atoms with E-state index in [9.17, 15) is 4.79 Å². The number of anilines is 1. The Kier molecular flexibility index (Phi) is 5.44. The van der Waals surface area contributed by atoms with Crippen LogP contribution in [0.3, 0.4) is 0 Å². The zero-order valence-corrected chi connectivity index (χ0v) is 14.6. The predicted molar refractivity (Wildman–Crippen MR) is 90.5 cm³/mol. The number of benzene rings is 1. The zero-order chi connectivity index (χ0) is 17.0. The van der Waals surface area contributed by atoms with Crippen molar-refractivity contribution in [3.05, 3.63) is 46.6 Å². The first-order valence-corrected chi connectivity index (χ1v) is 8.00. The van der Waals surface area contributed by atoms with E-state index in [1.54, 1.807) is 6.07 Å². The van der Waals surface area contributed by atoms with E-state index in [-0.39, 0.29) is 23.9 Å². The van der Waals surface area contributed by atoms with Gasteiger partial charge in [0.1, 0.15) is 6.04 Å². The number of nitrogens with zero attached hydrogens (tertiary/aromatic N) is 1. The van der Waals surface area contributed by atoms with Crippen LogP contribution in [0.4, 0.5) is 5.88 Å². The van der Waals surface area contributed by atoms with Gasteiger partial charge in [-0.2, -0.15) is 0 Å². The molecule has 2 aromatic rings. The smallest absolute Gasteiger partial charge is 0.281 e. The minimum atomic E-state index is -0.138. The molecule has 1 aromatic heterocycles. The maximum Gasteiger partial charge on any atom is 0.281 e. The van der Waals surface area contributed by atoms with Gasteiger partial charge in [-0.1, -0.05) is 55.7 Å². The highest BCUT2D eigenvalue weighted by Gasteiger charge is 2.20. The summed E-state index contributed by atoms with van der Waals surface area (Å²) in [6.07, 6.45) is 0. The molecule has 124 valence electrons. The van der Waals surface area contributed by atoms with E-state index in [4.69, 9.17) is 16.1 Å². The molecular formula is C17H23ClN3O2+. The number of hydrogen-bond acceptors (Lipinski definition) is 3.